The van der Waals surface area contributed by atoms with E-state index in [9.17, 15) is 17.6 Å². The average Bonchev–Trinajstić information content (AvgIpc) is 3.32. The van der Waals surface area contributed by atoms with Crippen molar-refractivity contribution in [2.24, 2.45) is 4.99 Å². The van der Waals surface area contributed by atoms with Crippen molar-refractivity contribution in [3.05, 3.63) is 65.0 Å². The van der Waals surface area contributed by atoms with Crippen LogP contribution in [0.1, 0.15) is 23.1 Å². The fourth-order valence-corrected chi connectivity index (χ4v) is 4.84. The molecule has 0 unspecified atom stereocenters. The van der Waals surface area contributed by atoms with Gasteiger partial charge < -0.3 is 15.5 Å². The number of halogens is 1. The standard InChI is InChI=1S/C23H29FN4O3S/c1-17-3-8-20(24)15-21(17)32(30,31)16-25-11-9-22(29)28(2)14-10-18-4-6-19(7-5-18)23-26-12-13-27-23/h3-8,15,25H,9-14,16H2,1-2H3,(H,26,27). The SMILES string of the molecule is Cc1ccc(F)cc1S(=O)(=O)CNCCC(=O)N(C)CCc1ccc(C2=NCCN2)cc1. The van der Waals surface area contributed by atoms with Crippen LogP contribution in [0.2, 0.25) is 0 Å². The highest BCUT2D eigenvalue weighted by atomic mass is 32.2. The van der Waals surface area contributed by atoms with Crippen LogP contribution in [0.3, 0.4) is 0 Å². The van der Waals surface area contributed by atoms with Crippen LogP contribution in [0.15, 0.2) is 52.4 Å². The molecule has 2 aromatic rings. The number of carbonyl (C=O) groups is 1. The van der Waals surface area contributed by atoms with Gasteiger partial charge in [-0.3, -0.25) is 9.79 Å². The van der Waals surface area contributed by atoms with Crippen molar-refractivity contribution in [3.8, 4) is 0 Å². The van der Waals surface area contributed by atoms with Gasteiger partial charge in [0.25, 0.3) is 0 Å². The molecule has 7 nitrogen and oxygen atoms in total. The Kier molecular flexibility index (Phi) is 7.98. The average molecular weight is 461 g/mol. The first-order valence-electron chi connectivity index (χ1n) is 10.6. The first kappa shape index (κ1) is 23.9. The largest absolute Gasteiger partial charge is 0.368 e. The summed E-state index contributed by atoms with van der Waals surface area (Å²) in [6.45, 7) is 4.08. The minimum absolute atomic E-state index is 0.0322. The molecule has 0 fully saturated rings. The van der Waals surface area contributed by atoms with E-state index in [4.69, 9.17) is 0 Å². The highest BCUT2D eigenvalue weighted by molar-refractivity contribution is 7.91. The van der Waals surface area contributed by atoms with Crippen LogP contribution in [-0.2, 0) is 21.1 Å². The molecule has 1 amide bonds. The number of nitrogens with zero attached hydrogens (tertiary/aromatic N) is 2. The number of amidine groups is 1. The van der Waals surface area contributed by atoms with Crippen LogP contribution in [0.5, 0.6) is 0 Å². The number of aryl methyl sites for hydroxylation is 1. The van der Waals surface area contributed by atoms with Gasteiger partial charge in [0.15, 0.2) is 9.84 Å². The molecule has 0 aliphatic carbocycles. The minimum atomic E-state index is -3.68. The molecule has 3 rings (SSSR count). The van der Waals surface area contributed by atoms with E-state index in [1.54, 1.807) is 18.9 Å². The fraction of sp³-hybridized carbons (Fsp3) is 0.391. The van der Waals surface area contributed by atoms with Crippen LogP contribution >= 0.6 is 0 Å². The predicted molar refractivity (Wildman–Crippen MR) is 123 cm³/mol. The Labute approximate surface area is 188 Å². The Balaban J connectivity index is 1.40. The molecule has 0 spiro atoms. The van der Waals surface area contributed by atoms with E-state index in [1.165, 1.54) is 12.1 Å². The topological polar surface area (TPSA) is 90.9 Å². The van der Waals surface area contributed by atoms with E-state index in [0.29, 0.717) is 12.1 Å². The summed E-state index contributed by atoms with van der Waals surface area (Å²) in [5, 5.41) is 6.03. The summed E-state index contributed by atoms with van der Waals surface area (Å²) in [6.07, 6.45) is 0.904. The third-order valence-corrected chi connectivity index (χ3v) is 7.05. The summed E-state index contributed by atoms with van der Waals surface area (Å²) in [5.41, 5.74) is 2.68. The van der Waals surface area contributed by atoms with Gasteiger partial charge in [-0.1, -0.05) is 30.3 Å². The lowest BCUT2D eigenvalue weighted by Gasteiger charge is -2.17. The zero-order valence-electron chi connectivity index (χ0n) is 18.4. The van der Waals surface area contributed by atoms with E-state index >= 15 is 0 Å². The van der Waals surface area contributed by atoms with Crippen LogP contribution in [0.4, 0.5) is 4.39 Å². The number of hydrogen-bond donors (Lipinski definition) is 2. The number of amides is 1. The summed E-state index contributed by atoms with van der Waals surface area (Å²) in [7, 11) is -1.94. The van der Waals surface area contributed by atoms with E-state index in [1.807, 2.05) is 24.3 Å². The van der Waals surface area contributed by atoms with Gasteiger partial charge in [-0.05, 0) is 36.6 Å². The lowest BCUT2D eigenvalue weighted by Crippen LogP contribution is -2.33. The molecule has 1 heterocycles. The van der Waals surface area contributed by atoms with Crippen molar-refractivity contribution in [3.63, 3.8) is 0 Å². The second-order valence-corrected chi connectivity index (χ2v) is 9.80. The van der Waals surface area contributed by atoms with Crippen molar-refractivity contribution in [1.29, 1.82) is 0 Å². The molecule has 2 aromatic carbocycles. The zero-order chi connectivity index (χ0) is 23.1. The van der Waals surface area contributed by atoms with E-state index < -0.39 is 15.7 Å². The van der Waals surface area contributed by atoms with Gasteiger partial charge >= 0.3 is 0 Å². The number of aliphatic imine (C=N–C) groups is 1. The lowest BCUT2D eigenvalue weighted by molar-refractivity contribution is -0.129. The molecule has 0 saturated carbocycles. The maximum Gasteiger partial charge on any atom is 0.223 e. The monoisotopic (exact) mass is 460 g/mol. The molecule has 0 atom stereocenters. The molecule has 32 heavy (non-hydrogen) atoms. The second-order valence-electron chi connectivity index (χ2n) is 7.84. The van der Waals surface area contributed by atoms with Crippen molar-refractivity contribution in [2.75, 3.05) is 39.1 Å². The van der Waals surface area contributed by atoms with Gasteiger partial charge in [-0.25, -0.2) is 12.8 Å². The molecule has 2 N–H and O–H groups in total. The number of sulfone groups is 1. The summed E-state index contributed by atoms with van der Waals surface area (Å²) in [4.78, 5) is 18.4. The molecule has 0 saturated heterocycles. The van der Waals surface area contributed by atoms with Crippen molar-refractivity contribution in [1.82, 2.24) is 15.5 Å². The van der Waals surface area contributed by atoms with Crippen molar-refractivity contribution < 1.29 is 17.6 Å². The Morgan fingerprint density at radius 3 is 2.66 bits per heavy atom. The van der Waals surface area contributed by atoms with Gasteiger partial charge in [0.1, 0.15) is 17.5 Å². The molecule has 172 valence electrons. The molecular formula is C23H29FN4O3S. The quantitative estimate of drug-likeness (QED) is 0.529. The minimum Gasteiger partial charge on any atom is -0.368 e. The van der Waals surface area contributed by atoms with Crippen LogP contribution < -0.4 is 10.6 Å². The Hall–Kier alpha value is -2.78. The van der Waals surface area contributed by atoms with Crippen LogP contribution in [0.25, 0.3) is 0 Å². The lowest BCUT2D eigenvalue weighted by atomic mass is 10.1. The van der Waals surface area contributed by atoms with Crippen molar-refractivity contribution >= 4 is 21.6 Å². The van der Waals surface area contributed by atoms with Gasteiger partial charge in [0.05, 0.1) is 11.4 Å². The Morgan fingerprint density at radius 1 is 1.22 bits per heavy atom. The third-order valence-electron chi connectivity index (χ3n) is 5.36. The van der Waals surface area contributed by atoms with E-state index in [0.717, 1.165) is 42.5 Å². The second kappa shape index (κ2) is 10.7. The van der Waals surface area contributed by atoms with Gasteiger partial charge in [0, 0.05) is 38.7 Å². The number of hydrogen-bond acceptors (Lipinski definition) is 6. The molecule has 0 aromatic heterocycles. The summed E-state index contributed by atoms with van der Waals surface area (Å²) in [5.74, 6) is -0.0886. The maximum atomic E-state index is 13.4. The molecule has 1 aliphatic rings. The predicted octanol–water partition coefficient (Wildman–Crippen LogP) is 1.90. The Bertz CT molecular complexity index is 1080. The summed E-state index contributed by atoms with van der Waals surface area (Å²) >= 11 is 0. The van der Waals surface area contributed by atoms with Gasteiger partial charge in [0.2, 0.25) is 5.91 Å². The highest BCUT2D eigenvalue weighted by Crippen LogP contribution is 2.17. The fourth-order valence-electron chi connectivity index (χ4n) is 3.42. The normalized spacial score (nSPS) is 13.5. The zero-order valence-corrected chi connectivity index (χ0v) is 19.2. The number of carbonyl (C=O) groups excluding carboxylic acids is 1. The van der Waals surface area contributed by atoms with Crippen LogP contribution in [0, 0.1) is 12.7 Å². The van der Waals surface area contributed by atoms with Gasteiger partial charge in [-0.2, -0.15) is 0 Å². The number of nitrogens with one attached hydrogen (secondary N) is 2. The number of likely N-dealkylation sites (N-methyl/N-ethyl adjacent to an activating group) is 1. The molecular weight excluding hydrogens is 431 g/mol. The molecule has 1 aliphatic heterocycles. The molecule has 0 bridgehead atoms. The van der Waals surface area contributed by atoms with E-state index in [2.05, 4.69) is 15.6 Å². The molecule has 0 radical (unpaired) electrons. The first-order chi connectivity index (χ1) is 15.3. The third kappa shape index (κ3) is 6.37. The smallest absolute Gasteiger partial charge is 0.223 e. The van der Waals surface area contributed by atoms with E-state index in [-0.39, 0.29) is 29.6 Å². The first-order valence-corrected chi connectivity index (χ1v) is 12.2. The maximum absolute atomic E-state index is 13.4. The number of benzene rings is 2. The van der Waals surface area contributed by atoms with Crippen molar-refractivity contribution in [2.45, 2.75) is 24.7 Å². The van der Waals surface area contributed by atoms with Gasteiger partial charge in [-0.15, -0.1) is 0 Å². The van der Waals surface area contributed by atoms with Crippen LogP contribution in [-0.4, -0.2) is 64.2 Å². The Morgan fingerprint density at radius 2 is 1.97 bits per heavy atom. The highest BCUT2D eigenvalue weighted by Gasteiger charge is 2.18. The summed E-state index contributed by atoms with van der Waals surface area (Å²) < 4.78 is 38.2. The summed E-state index contributed by atoms with van der Waals surface area (Å²) in [6, 6.07) is 11.8. The molecule has 9 heteroatoms. The number of rotatable bonds is 10.